The van der Waals surface area contributed by atoms with Crippen molar-refractivity contribution in [2.24, 2.45) is 22.2 Å². The van der Waals surface area contributed by atoms with Crippen LogP contribution in [0.25, 0.3) is 0 Å². The van der Waals surface area contributed by atoms with E-state index in [1.165, 1.54) is 89.6 Å². The van der Waals surface area contributed by atoms with Crippen molar-refractivity contribution in [3.63, 3.8) is 0 Å². The minimum absolute atomic E-state index is 0.376. The van der Waals surface area contributed by atoms with Gasteiger partial charge in [0.15, 0.2) is 8.24 Å². The molecule has 0 spiro atoms. The van der Waals surface area contributed by atoms with Gasteiger partial charge in [-0.3, -0.25) is 0 Å². The Hall–Kier alpha value is 0.187. The van der Waals surface area contributed by atoms with Crippen LogP contribution in [0, 0.1) is 17.8 Å². The summed E-state index contributed by atoms with van der Waals surface area (Å²) in [6.07, 6.45) is 23.3. The zero-order valence-electron chi connectivity index (χ0n) is 21.1. The van der Waals surface area contributed by atoms with Crippen molar-refractivity contribution in [3.8, 4) is 0 Å². The molecule has 0 amide bonds. The molecule has 0 aliphatic heterocycles. The van der Waals surface area contributed by atoms with Crippen molar-refractivity contribution in [1.29, 1.82) is 0 Å². The van der Waals surface area contributed by atoms with Crippen LogP contribution in [-0.4, -0.2) is 24.7 Å². The molecule has 0 aromatic heterocycles. The first-order valence-corrected chi connectivity index (χ1v) is 18.8. The number of nitrogens with zero attached hydrogens (tertiary/aromatic N) is 1. The maximum atomic E-state index is 6.23. The van der Waals surface area contributed by atoms with Gasteiger partial charge in [-0.1, -0.05) is 77.7 Å². The van der Waals surface area contributed by atoms with E-state index >= 15 is 0 Å². The smallest absolute Gasteiger partial charge is 0.170 e. The second-order valence-electron chi connectivity index (χ2n) is 13.2. The van der Waals surface area contributed by atoms with E-state index in [9.17, 15) is 0 Å². The molecule has 30 heavy (non-hydrogen) atoms. The van der Waals surface area contributed by atoms with Crippen molar-refractivity contribution in [3.05, 3.63) is 11.6 Å². The number of allylic oxidation sites excluding steroid dienone is 2. The molecule has 3 heteroatoms. The van der Waals surface area contributed by atoms with Crippen molar-refractivity contribution in [2.45, 2.75) is 134 Å². The average molecular weight is 448 g/mol. The lowest BCUT2D eigenvalue weighted by atomic mass is 9.68. The van der Waals surface area contributed by atoms with E-state index in [4.69, 9.17) is 4.41 Å². The molecule has 4 aliphatic rings. The van der Waals surface area contributed by atoms with Crippen molar-refractivity contribution < 1.29 is 0 Å². The standard InChI is InChI=1S/C27H50NPSi/c1-7-8-15-29(28-30(4,5)6,26(2)18-22-11-9-12-23(16-22)19-26)27(3)20-24-13-10-14-25(17-24)21-27/h18,23-25H,7-17,19-21H2,1-6H3/t23?,24?,25?,26?,27?,29-/m1/s1. The summed E-state index contributed by atoms with van der Waals surface area (Å²) >= 11 is 0. The molecule has 4 rings (SSSR count). The van der Waals surface area contributed by atoms with Gasteiger partial charge in [0.25, 0.3) is 0 Å². The SMILES string of the molecule is CCCC[P@@](=N[Si](C)(C)C)(C1(C)C=C2CCCC(C2)C1)C1(C)CC2CCCC(C2)C1. The van der Waals surface area contributed by atoms with Gasteiger partial charge in [0.2, 0.25) is 0 Å². The summed E-state index contributed by atoms with van der Waals surface area (Å²) in [5, 5.41) is 0.870. The Labute approximate surface area is 189 Å². The molecule has 0 aromatic rings. The highest BCUT2D eigenvalue weighted by Crippen LogP contribution is 2.78. The highest BCUT2D eigenvalue weighted by molar-refractivity contribution is 7.70. The second-order valence-corrected chi connectivity index (χ2v) is 22.5. The van der Waals surface area contributed by atoms with Gasteiger partial charge in [0, 0.05) is 10.3 Å². The third kappa shape index (κ3) is 4.35. The summed E-state index contributed by atoms with van der Waals surface area (Å²) in [4.78, 5) is 0. The van der Waals surface area contributed by atoms with Crippen LogP contribution < -0.4 is 0 Å². The lowest BCUT2D eigenvalue weighted by molar-refractivity contribution is 0.158. The fourth-order valence-electron chi connectivity index (χ4n) is 8.57. The van der Waals surface area contributed by atoms with E-state index in [1.807, 2.05) is 5.57 Å². The fourth-order valence-corrected chi connectivity index (χ4v) is 20.1. The highest BCUT2D eigenvalue weighted by Gasteiger charge is 2.56. The van der Waals surface area contributed by atoms with Gasteiger partial charge in [0.1, 0.15) is 0 Å². The van der Waals surface area contributed by atoms with E-state index < -0.39 is 15.3 Å². The van der Waals surface area contributed by atoms with Crippen molar-refractivity contribution >= 4 is 15.3 Å². The monoisotopic (exact) mass is 447 g/mol. The summed E-state index contributed by atoms with van der Waals surface area (Å²) in [5.41, 5.74) is 1.83. The number of unbranched alkanes of at least 4 members (excludes halogenated alkanes) is 1. The lowest BCUT2D eigenvalue weighted by Crippen LogP contribution is -2.47. The molecular weight excluding hydrogens is 397 g/mol. The van der Waals surface area contributed by atoms with E-state index in [0.717, 1.165) is 17.8 Å². The molecule has 0 radical (unpaired) electrons. The maximum absolute atomic E-state index is 6.23. The third-order valence-electron chi connectivity index (χ3n) is 9.27. The number of hydrogen-bond donors (Lipinski definition) is 0. The first-order chi connectivity index (χ1) is 14.1. The molecule has 3 fully saturated rings. The van der Waals surface area contributed by atoms with Crippen LogP contribution in [0.2, 0.25) is 19.6 Å². The van der Waals surface area contributed by atoms with E-state index in [1.54, 1.807) is 0 Å². The van der Waals surface area contributed by atoms with Gasteiger partial charge in [-0.15, -0.1) is 0 Å². The summed E-state index contributed by atoms with van der Waals surface area (Å²) < 4.78 is 6.23. The Morgan fingerprint density at radius 2 is 1.67 bits per heavy atom. The van der Waals surface area contributed by atoms with Crippen LogP contribution in [0.1, 0.15) is 104 Å². The van der Waals surface area contributed by atoms with E-state index in [2.05, 4.69) is 46.5 Å². The molecule has 1 nitrogen and oxygen atoms in total. The van der Waals surface area contributed by atoms with Crippen LogP contribution in [0.15, 0.2) is 16.1 Å². The Morgan fingerprint density at radius 1 is 1.00 bits per heavy atom. The van der Waals surface area contributed by atoms with E-state index in [0.29, 0.717) is 10.3 Å². The van der Waals surface area contributed by atoms with Crippen molar-refractivity contribution in [1.82, 2.24) is 0 Å². The minimum Gasteiger partial charge on any atom is -0.337 e. The van der Waals surface area contributed by atoms with Crippen LogP contribution in [0.3, 0.4) is 0 Å². The van der Waals surface area contributed by atoms with Crippen LogP contribution in [0.5, 0.6) is 0 Å². The molecule has 3 saturated carbocycles. The summed E-state index contributed by atoms with van der Waals surface area (Å²) in [5.74, 6) is 2.95. The molecule has 4 unspecified atom stereocenters. The first-order valence-electron chi connectivity index (χ1n) is 13.4. The van der Waals surface area contributed by atoms with E-state index in [-0.39, 0.29) is 0 Å². The van der Waals surface area contributed by atoms with Gasteiger partial charge in [-0.05, 0) is 88.8 Å². The average Bonchev–Trinajstić information content (AvgIpc) is 2.63. The summed E-state index contributed by atoms with van der Waals surface area (Å²) in [6, 6.07) is 0. The zero-order valence-corrected chi connectivity index (χ0v) is 23.0. The Kier molecular flexibility index (Phi) is 6.63. The molecule has 0 N–H and O–H groups in total. The normalized spacial score (nSPS) is 41.0. The fraction of sp³-hybridized carbons (Fsp3) is 0.926. The van der Waals surface area contributed by atoms with Gasteiger partial charge >= 0.3 is 0 Å². The second kappa shape index (κ2) is 8.51. The first kappa shape index (κ1) is 23.3. The highest BCUT2D eigenvalue weighted by atomic mass is 31.2. The van der Waals surface area contributed by atoms with Gasteiger partial charge in [-0.25, -0.2) is 0 Å². The predicted octanol–water partition coefficient (Wildman–Crippen LogP) is 9.46. The summed E-state index contributed by atoms with van der Waals surface area (Å²) in [7, 11) is -3.04. The molecule has 0 saturated heterocycles. The Bertz CT molecular complexity index is 705. The summed E-state index contributed by atoms with van der Waals surface area (Å²) in [6.45, 7) is 15.5. The predicted molar refractivity (Wildman–Crippen MR) is 139 cm³/mol. The van der Waals surface area contributed by atoms with Gasteiger partial charge in [0.05, 0.1) is 0 Å². The molecule has 4 aliphatic carbocycles. The molecule has 4 bridgehead atoms. The largest absolute Gasteiger partial charge is 0.337 e. The van der Waals surface area contributed by atoms with Gasteiger partial charge < -0.3 is 4.41 Å². The molecule has 0 heterocycles. The Morgan fingerprint density at radius 3 is 2.27 bits per heavy atom. The molecule has 5 atom stereocenters. The molecule has 172 valence electrons. The third-order valence-corrected chi connectivity index (χ3v) is 18.2. The lowest BCUT2D eigenvalue weighted by Gasteiger charge is -2.60. The number of hydrogen-bond acceptors (Lipinski definition) is 1. The maximum Gasteiger partial charge on any atom is 0.170 e. The van der Waals surface area contributed by atoms with Crippen LogP contribution >= 0.6 is 7.05 Å². The molecule has 0 aromatic carbocycles. The van der Waals surface area contributed by atoms with Gasteiger partial charge in [-0.2, -0.15) is 0 Å². The number of rotatable bonds is 6. The zero-order chi connectivity index (χ0) is 21.6. The quantitative estimate of drug-likeness (QED) is 0.218. The number of fused-ring (bicyclic) bond motifs is 4. The van der Waals surface area contributed by atoms with Crippen LogP contribution in [0.4, 0.5) is 0 Å². The van der Waals surface area contributed by atoms with Crippen molar-refractivity contribution in [2.75, 3.05) is 6.16 Å². The topological polar surface area (TPSA) is 12.4 Å². The minimum atomic E-state index is -1.53. The molecular formula is C27H50NPSi. The Balaban J connectivity index is 1.89. The van der Waals surface area contributed by atoms with Crippen LogP contribution in [-0.2, 0) is 0 Å².